The van der Waals surface area contributed by atoms with E-state index in [1.807, 2.05) is 10.8 Å². The zero-order valence-electron chi connectivity index (χ0n) is 13.1. The summed E-state index contributed by atoms with van der Waals surface area (Å²) < 4.78 is 26.6. The van der Waals surface area contributed by atoms with Crippen LogP contribution in [0.5, 0.6) is 0 Å². The summed E-state index contributed by atoms with van der Waals surface area (Å²) in [4.78, 5) is 11.9. The highest BCUT2D eigenvalue weighted by atomic mass is 32.2. The van der Waals surface area contributed by atoms with Crippen LogP contribution in [-0.2, 0) is 10.0 Å². The van der Waals surface area contributed by atoms with Gasteiger partial charge >= 0.3 is 6.03 Å². The van der Waals surface area contributed by atoms with Gasteiger partial charge in [-0.25, -0.2) is 17.9 Å². The Morgan fingerprint density at radius 1 is 1.30 bits per heavy atom. The fourth-order valence-corrected chi connectivity index (χ4v) is 4.13. The van der Waals surface area contributed by atoms with Crippen molar-refractivity contribution in [1.82, 2.24) is 10.0 Å². The number of benzene rings is 1. The minimum atomic E-state index is -4.06. The molecule has 2 rings (SSSR count). The van der Waals surface area contributed by atoms with Crippen molar-refractivity contribution in [2.45, 2.75) is 50.0 Å². The van der Waals surface area contributed by atoms with Crippen molar-refractivity contribution in [1.29, 1.82) is 5.26 Å². The lowest BCUT2D eigenvalue weighted by atomic mass is 9.83. The van der Waals surface area contributed by atoms with E-state index in [1.54, 1.807) is 6.07 Å². The molecule has 124 valence electrons. The fourth-order valence-electron chi connectivity index (χ4n) is 3.05. The molecule has 0 aromatic heterocycles. The van der Waals surface area contributed by atoms with Gasteiger partial charge in [0.2, 0.25) is 0 Å². The maximum atomic E-state index is 12.3. The minimum absolute atomic E-state index is 0.00448. The number of carbonyl (C=O) groups excluding carboxylic acids is 1. The summed E-state index contributed by atoms with van der Waals surface area (Å²) in [7, 11) is -4.06. The minimum Gasteiger partial charge on any atom is -0.334 e. The van der Waals surface area contributed by atoms with E-state index in [-0.39, 0.29) is 16.5 Å². The zero-order valence-corrected chi connectivity index (χ0v) is 13.9. The second-order valence-electron chi connectivity index (χ2n) is 5.75. The molecule has 2 N–H and O–H groups in total. The third-order valence-corrected chi connectivity index (χ3v) is 5.66. The average molecular weight is 335 g/mol. The zero-order chi connectivity index (χ0) is 16.9. The predicted octanol–water partition coefficient (Wildman–Crippen LogP) is 2.51. The predicted molar refractivity (Wildman–Crippen MR) is 86.0 cm³/mol. The van der Waals surface area contributed by atoms with Crippen LogP contribution in [0, 0.1) is 17.2 Å². The molecule has 7 heteroatoms. The van der Waals surface area contributed by atoms with Gasteiger partial charge in [-0.15, -0.1) is 0 Å². The van der Waals surface area contributed by atoms with Crippen LogP contribution in [0.4, 0.5) is 4.79 Å². The van der Waals surface area contributed by atoms with Gasteiger partial charge in [0.25, 0.3) is 10.0 Å². The van der Waals surface area contributed by atoms with Gasteiger partial charge in [0, 0.05) is 6.04 Å². The van der Waals surface area contributed by atoms with Gasteiger partial charge < -0.3 is 5.32 Å². The summed E-state index contributed by atoms with van der Waals surface area (Å²) in [5.74, 6) is 0.378. The number of sulfonamides is 1. The smallest absolute Gasteiger partial charge is 0.328 e. The number of urea groups is 1. The first kappa shape index (κ1) is 17.3. The molecule has 0 spiro atoms. The van der Waals surface area contributed by atoms with Crippen molar-refractivity contribution < 1.29 is 13.2 Å². The van der Waals surface area contributed by atoms with E-state index in [2.05, 4.69) is 12.2 Å². The number of nitrogens with one attached hydrogen (secondary N) is 2. The van der Waals surface area contributed by atoms with Crippen LogP contribution in [0.1, 0.15) is 44.6 Å². The Morgan fingerprint density at radius 2 is 2.00 bits per heavy atom. The number of amides is 2. The van der Waals surface area contributed by atoms with E-state index in [1.165, 1.54) is 18.2 Å². The number of hydrogen-bond acceptors (Lipinski definition) is 4. The lowest BCUT2D eigenvalue weighted by Crippen LogP contribution is -2.48. The Morgan fingerprint density at radius 3 is 2.70 bits per heavy atom. The molecule has 0 saturated heterocycles. The SMILES string of the molecule is CCC1CCCCC1NC(=O)NS(=O)(=O)c1ccccc1C#N. The highest BCUT2D eigenvalue weighted by Gasteiger charge is 2.27. The van der Waals surface area contributed by atoms with Crippen molar-refractivity contribution in [2.24, 2.45) is 5.92 Å². The molecule has 1 aromatic rings. The summed E-state index contributed by atoms with van der Waals surface area (Å²) in [6, 6.07) is 6.89. The molecule has 1 aliphatic carbocycles. The Kier molecular flexibility index (Phi) is 5.61. The van der Waals surface area contributed by atoms with Crippen LogP contribution in [0.2, 0.25) is 0 Å². The second kappa shape index (κ2) is 7.47. The molecule has 6 nitrogen and oxygen atoms in total. The van der Waals surface area contributed by atoms with E-state index in [0.29, 0.717) is 5.92 Å². The summed E-state index contributed by atoms with van der Waals surface area (Å²) in [6.07, 6.45) is 5.04. The quantitative estimate of drug-likeness (QED) is 0.883. The molecule has 23 heavy (non-hydrogen) atoms. The first-order valence-corrected chi connectivity index (χ1v) is 9.28. The molecular weight excluding hydrogens is 314 g/mol. The third kappa shape index (κ3) is 4.23. The topological polar surface area (TPSA) is 99.1 Å². The van der Waals surface area contributed by atoms with Gasteiger partial charge in [0.15, 0.2) is 0 Å². The molecule has 1 saturated carbocycles. The van der Waals surface area contributed by atoms with Crippen molar-refractivity contribution in [3.63, 3.8) is 0 Å². The van der Waals surface area contributed by atoms with Crippen LogP contribution in [-0.4, -0.2) is 20.5 Å². The van der Waals surface area contributed by atoms with Crippen LogP contribution in [0.15, 0.2) is 29.2 Å². The van der Waals surface area contributed by atoms with Crippen molar-refractivity contribution in [3.8, 4) is 6.07 Å². The Bertz CT molecular complexity index is 710. The van der Waals surface area contributed by atoms with Gasteiger partial charge in [0.1, 0.15) is 11.0 Å². The Labute approximate surface area is 136 Å². The number of nitriles is 1. The Balaban J connectivity index is 2.08. The van der Waals surface area contributed by atoms with E-state index >= 15 is 0 Å². The van der Waals surface area contributed by atoms with Gasteiger partial charge in [-0.1, -0.05) is 38.3 Å². The molecule has 2 amide bonds. The third-order valence-electron chi connectivity index (χ3n) is 4.27. The van der Waals surface area contributed by atoms with Gasteiger partial charge in [-0.3, -0.25) is 0 Å². The highest BCUT2D eigenvalue weighted by Crippen LogP contribution is 2.26. The molecule has 0 radical (unpaired) electrons. The molecule has 2 unspecified atom stereocenters. The first-order valence-electron chi connectivity index (χ1n) is 7.80. The molecule has 1 aromatic carbocycles. The van der Waals surface area contributed by atoms with Crippen LogP contribution in [0.25, 0.3) is 0 Å². The monoisotopic (exact) mass is 335 g/mol. The summed E-state index contributed by atoms with van der Waals surface area (Å²) in [6.45, 7) is 2.07. The van der Waals surface area contributed by atoms with E-state index in [4.69, 9.17) is 5.26 Å². The number of rotatable bonds is 4. The van der Waals surface area contributed by atoms with Crippen molar-refractivity contribution >= 4 is 16.1 Å². The molecular formula is C16H21N3O3S. The van der Waals surface area contributed by atoms with Gasteiger partial charge in [0.05, 0.1) is 5.56 Å². The molecule has 1 fully saturated rings. The van der Waals surface area contributed by atoms with Gasteiger partial charge in [-0.05, 0) is 30.9 Å². The summed E-state index contributed by atoms with van der Waals surface area (Å²) >= 11 is 0. The summed E-state index contributed by atoms with van der Waals surface area (Å²) in [5.41, 5.74) is 0.0110. The maximum Gasteiger partial charge on any atom is 0.328 e. The van der Waals surface area contributed by atoms with Gasteiger partial charge in [-0.2, -0.15) is 5.26 Å². The molecule has 1 aliphatic rings. The lowest BCUT2D eigenvalue weighted by Gasteiger charge is -2.31. The fraction of sp³-hybridized carbons (Fsp3) is 0.500. The number of carbonyl (C=O) groups is 1. The van der Waals surface area contributed by atoms with E-state index in [0.717, 1.165) is 32.1 Å². The number of hydrogen-bond donors (Lipinski definition) is 2. The second-order valence-corrected chi connectivity index (χ2v) is 7.40. The van der Waals surface area contributed by atoms with Crippen molar-refractivity contribution in [3.05, 3.63) is 29.8 Å². The van der Waals surface area contributed by atoms with Crippen molar-refractivity contribution in [2.75, 3.05) is 0 Å². The van der Waals surface area contributed by atoms with Crippen LogP contribution >= 0.6 is 0 Å². The normalized spacial score (nSPS) is 21.2. The average Bonchev–Trinajstić information content (AvgIpc) is 2.54. The molecule has 0 bridgehead atoms. The van der Waals surface area contributed by atoms with Crippen LogP contribution in [0.3, 0.4) is 0 Å². The first-order chi connectivity index (χ1) is 11.0. The highest BCUT2D eigenvalue weighted by molar-refractivity contribution is 7.90. The number of nitrogens with zero attached hydrogens (tertiary/aromatic N) is 1. The molecule has 2 atom stereocenters. The van der Waals surface area contributed by atoms with E-state index in [9.17, 15) is 13.2 Å². The standard InChI is InChI=1S/C16H21N3O3S/c1-2-12-7-3-5-9-14(12)18-16(20)19-23(21,22)15-10-6-4-8-13(15)11-17/h4,6,8,10,12,14H,2-3,5,7,9H2,1H3,(H2,18,19,20). The largest absolute Gasteiger partial charge is 0.334 e. The van der Waals surface area contributed by atoms with Crippen LogP contribution < -0.4 is 10.0 Å². The molecule has 0 aliphatic heterocycles. The lowest BCUT2D eigenvalue weighted by molar-refractivity contribution is 0.220. The summed E-state index contributed by atoms with van der Waals surface area (Å²) in [5, 5.41) is 11.8. The van der Waals surface area contributed by atoms with E-state index < -0.39 is 16.1 Å². The Hall–Kier alpha value is -2.07. The molecule has 0 heterocycles. The maximum absolute atomic E-state index is 12.3.